The van der Waals surface area contributed by atoms with Crippen molar-refractivity contribution in [3.8, 4) is 17.6 Å². The summed E-state index contributed by atoms with van der Waals surface area (Å²) in [6.45, 7) is 6.60. The topological polar surface area (TPSA) is 26.3 Å². The molecule has 0 fully saturated rings. The van der Waals surface area contributed by atoms with Crippen LogP contribution in [0.5, 0.6) is 5.75 Å². The van der Waals surface area contributed by atoms with Crippen LogP contribution in [0.4, 0.5) is 0 Å². The monoisotopic (exact) mass is 334 g/mol. The molecule has 0 bridgehead atoms. The molecule has 1 atom stereocenters. The largest absolute Gasteiger partial charge is 0.494 e. The van der Waals surface area contributed by atoms with Crippen LogP contribution in [0, 0.1) is 17.8 Å². The van der Waals surface area contributed by atoms with Crippen LogP contribution in [-0.2, 0) is 11.2 Å². The second kappa shape index (κ2) is 9.69. The molecule has 0 N–H and O–H groups in total. The van der Waals surface area contributed by atoms with Crippen molar-refractivity contribution in [3.63, 3.8) is 0 Å². The van der Waals surface area contributed by atoms with E-state index in [2.05, 4.69) is 37.8 Å². The Bertz CT molecular complexity index is 730. The lowest BCUT2D eigenvalue weighted by molar-refractivity contribution is -0.117. The van der Waals surface area contributed by atoms with E-state index < -0.39 is 0 Å². The van der Waals surface area contributed by atoms with Crippen molar-refractivity contribution in [1.29, 1.82) is 0 Å². The summed E-state index contributed by atoms with van der Waals surface area (Å²) in [5, 5.41) is 0. The van der Waals surface area contributed by atoms with Crippen molar-refractivity contribution in [2.75, 3.05) is 6.61 Å². The zero-order chi connectivity index (χ0) is 18.1. The van der Waals surface area contributed by atoms with Gasteiger partial charge in [-0.3, -0.25) is 0 Å². The lowest BCUT2D eigenvalue weighted by atomic mass is 9.96. The summed E-state index contributed by atoms with van der Waals surface area (Å²) in [5.74, 6) is 7.89. The van der Waals surface area contributed by atoms with Crippen LogP contribution in [0.25, 0.3) is 0 Å². The molecular weight excluding hydrogens is 308 g/mol. The number of hydrogen-bond acceptors (Lipinski definition) is 2. The van der Waals surface area contributed by atoms with Gasteiger partial charge in [0, 0.05) is 17.5 Å². The minimum absolute atomic E-state index is 0.251. The van der Waals surface area contributed by atoms with E-state index >= 15 is 0 Å². The number of carbonyl (C=O) groups excluding carboxylic acids is 1. The Morgan fingerprint density at radius 2 is 1.56 bits per heavy atom. The summed E-state index contributed by atoms with van der Waals surface area (Å²) in [6.07, 6.45) is 2.57. The maximum Gasteiger partial charge on any atom is 0.130 e. The van der Waals surface area contributed by atoms with Gasteiger partial charge in [-0.25, -0.2) is 0 Å². The quantitative estimate of drug-likeness (QED) is 0.664. The van der Waals surface area contributed by atoms with E-state index in [0.29, 0.717) is 12.3 Å². The van der Waals surface area contributed by atoms with Crippen molar-refractivity contribution in [1.82, 2.24) is 0 Å². The predicted molar refractivity (Wildman–Crippen MR) is 103 cm³/mol. The van der Waals surface area contributed by atoms with Crippen LogP contribution >= 0.6 is 0 Å². The molecule has 0 radical (unpaired) electrons. The second-order valence-electron chi connectivity index (χ2n) is 6.54. The van der Waals surface area contributed by atoms with Crippen LogP contribution in [0.1, 0.15) is 50.3 Å². The van der Waals surface area contributed by atoms with Crippen LogP contribution in [0.2, 0.25) is 0 Å². The van der Waals surface area contributed by atoms with Crippen LogP contribution < -0.4 is 4.74 Å². The Balaban J connectivity index is 1.95. The van der Waals surface area contributed by atoms with Crippen molar-refractivity contribution in [3.05, 3.63) is 65.2 Å². The van der Waals surface area contributed by atoms with Crippen LogP contribution in [0.3, 0.4) is 0 Å². The predicted octanol–water partition coefficient (Wildman–Crippen LogP) is 5.03. The molecule has 0 spiro atoms. The van der Waals surface area contributed by atoms with E-state index in [1.54, 1.807) is 6.92 Å². The van der Waals surface area contributed by atoms with E-state index in [4.69, 9.17) is 4.74 Å². The van der Waals surface area contributed by atoms with Crippen molar-refractivity contribution in [2.45, 2.75) is 40.0 Å². The number of ketones is 1. The van der Waals surface area contributed by atoms with E-state index in [-0.39, 0.29) is 5.78 Å². The molecule has 0 amide bonds. The molecule has 0 aliphatic rings. The van der Waals surface area contributed by atoms with Gasteiger partial charge in [-0.2, -0.15) is 0 Å². The summed E-state index contributed by atoms with van der Waals surface area (Å²) in [4.78, 5) is 11.2. The summed E-state index contributed by atoms with van der Waals surface area (Å²) in [7, 11) is 0. The van der Waals surface area contributed by atoms with Gasteiger partial charge in [0.15, 0.2) is 0 Å². The zero-order valence-corrected chi connectivity index (χ0v) is 15.3. The number of rotatable bonds is 7. The van der Waals surface area contributed by atoms with Gasteiger partial charge in [-0.05, 0) is 67.6 Å². The lowest BCUT2D eigenvalue weighted by Crippen LogP contribution is -2.04. The smallest absolute Gasteiger partial charge is 0.130 e. The number of carbonyl (C=O) groups is 1. The lowest BCUT2D eigenvalue weighted by Gasteiger charge is -2.09. The number of Topliss-reactive ketones (excluding diaryl/α,β-unsaturated/α-hetero) is 1. The van der Waals surface area contributed by atoms with Crippen molar-refractivity contribution < 1.29 is 9.53 Å². The highest BCUT2D eigenvalue weighted by Gasteiger charge is 2.06. The molecule has 2 aromatic carbocycles. The van der Waals surface area contributed by atoms with Gasteiger partial charge >= 0.3 is 0 Å². The first-order chi connectivity index (χ1) is 12.1. The van der Waals surface area contributed by atoms with E-state index in [9.17, 15) is 4.79 Å². The van der Waals surface area contributed by atoms with E-state index in [1.807, 2.05) is 36.4 Å². The van der Waals surface area contributed by atoms with Gasteiger partial charge in [-0.15, -0.1) is 0 Å². The van der Waals surface area contributed by atoms with E-state index in [1.165, 1.54) is 5.56 Å². The molecule has 0 aliphatic carbocycles. The fraction of sp³-hybridized carbons (Fsp3) is 0.348. The third kappa shape index (κ3) is 6.85. The molecule has 0 saturated carbocycles. The molecule has 0 heterocycles. The molecule has 0 saturated heterocycles. The van der Waals surface area contributed by atoms with Gasteiger partial charge in [0.1, 0.15) is 11.5 Å². The molecule has 2 nitrogen and oxygen atoms in total. The summed E-state index contributed by atoms with van der Waals surface area (Å²) in [5.41, 5.74) is 3.22. The van der Waals surface area contributed by atoms with Crippen LogP contribution in [0.15, 0.2) is 48.5 Å². The molecule has 2 aromatic rings. The maximum absolute atomic E-state index is 11.2. The van der Waals surface area contributed by atoms with E-state index in [0.717, 1.165) is 36.3 Å². The molecule has 0 aliphatic heterocycles. The average molecular weight is 334 g/mol. The van der Waals surface area contributed by atoms with Gasteiger partial charge < -0.3 is 9.53 Å². The van der Waals surface area contributed by atoms with Gasteiger partial charge in [0.2, 0.25) is 0 Å². The fourth-order valence-electron chi connectivity index (χ4n) is 2.69. The minimum Gasteiger partial charge on any atom is -0.494 e. The standard InChI is InChI=1S/C23H26O2/c1-4-15-25-23-13-11-21(12-14-23)6-5-20-7-9-22(10-8-20)17-18(2)16-19(3)24/h7-14,18H,4,15-17H2,1-3H3. The molecule has 2 heteroatoms. The highest BCUT2D eigenvalue weighted by atomic mass is 16.5. The third-order valence-electron chi connectivity index (χ3n) is 3.85. The van der Waals surface area contributed by atoms with Crippen molar-refractivity contribution in [2.24, 2.45) is 5.92 Å². The molecule has 25 heavy (non-hydrogen) atoms. The summed E-state index contributed by atoms with van der Waals surface area (Å²) in [6, 6.07) is 16.2. The van der Waals surface area contributed by atoms with Gasteiger partial charge in [0.05, 0.1) is 6.61 Å². The maximum atomic E-state index is 11.2. The molecule has 2 rings (SSSR count). The average Bonchev–Trinajstić information content (AvgIpc) is 2.59. The molecular formula is C23H26O2. The molecule has 130 valence electrons. The molecule has 0 aromatic heterocycles. The normalized spacial score (nSPS) is 11.3. The fourth-order valence-corrected chi connectivity index (χ4v) is 2.69. The first kappa shape index (κ1) is 18.8. The highest BCUT2D eigenvalue weighted by molar-refractivity contribution is 5.75. The SMILES string of the molecule is CCCOc1ccc(C#Cc2ccc(CC(C)CC(C)=O)cc2)cc1. The van der Waals surface area contributed by atoms with Gasteiger partial charge in [0.25, 0.3) is 0 Å². The Morgan fingerprint density at radius 3 is 2.08 bits per heavy atom. The Kier molecular flexibility index (Phi) is 7.29. The van der Waals surface area contributed by atoms with Crippen molar-refractivity contribution >= 4 is 5.78 Å². The number of hydrogen-bond donors (Lipinski definition) is 0. The first-order valence-corrected chi connectivity index (χ1v) is 8.90. The second-order valence-corrected chi connectivity index (χ2v) is 6.54. The van der Waals surface area contributed by atoms with Crippen LogP contribution in [-0.4, -0.2) is 12.4 Å². The third-order valence-corrected chi connectivity index (χ3v) is 3.85. The van der Waals surface area contributed by atoms with Gasteiger partial charge in [-0.1, -0.05) is 37.8 Å². The summed E-state index contributed by atoms with van der Waals surface area (Å²) < 4.78 is 5.57. The number of ether oxygens (including phenoxy) is 1. The number of benzene rings is 2. The Hall–Kier alpha value is -2.53. The highest BCUT2D eigenvalue weighted by Crippen LogP contribution is 2.14. The molecule has 1 unspecified atom stereocenters. The Morgan fingerprint density at radius 1 is 1.00 bits per heavy atom. The first-order valence-electron chi connectivity index (χ1n) is 8.90. The minimum atomic E-state index is 0.251. The Labute approximate surface area is 151 Å². The summed E-state index contributed by atoms with van der Waals surface area (Å²) >= 11 is 0. The zero-order valence-electron chi connectivity index (χ0n) is 15.3.